The van der Waals surface area contributed by atoms with E-state index in [9.17, 15) is 10.1 Å². The highest BCUT2D eigenvalue weighted by molar-refractivity contribution is 6.56. The average molecular weight is 424 g/mol. The molecule has 3 rings (SSSR count). The molecule has 1 aromatic carbocycles. The second-order valence-electron chi connectivity index (χ2n) is 10.5. The second-order valence-corrected chi connectivity index (χ2v) is 10.5. The van der Waals surface area contributed by atoms with Gasteiger partial charge < -0.3 is 19.4 Å². The molecule has 0 unspecified atom stereocenters. The molecule has 31 heavy (non-hydrogen) atoms. The van der Waals surface area contributed by atoms with Crippen molar-refractivity contribution in [1.29, 1.82) is 5.26 Å². The Labute approximate surface area is 186 Å². The minimum Gasteiger partial charge on any atom is -0.444 e. The van der Waals surface area contributed by atoms with Crippen LogP contribution in [0.25, 0.3) is 6.08 Å². The number of benzene rings is 1. The molecule has 0 radical (unpaired) electrons. The monoisotopic (exact) mass is 424 g/mol. The molecule has 0 spiro atoms. The fourth-order valence-corrected chi connectivity index (χ4v) is 3.42. The maximum Gasteiger partial charge on any atom is 0.492 e. The van der Waals surface area contributed by atoms with Crippen LogP contribution in [0, 0.1) is 11.3 Å². The topological polar surface area (TPSA) is 80.6 Å². The first-order valence-electron chi connectivity index (χ1n) is 10.8. The molecule has 1 aliphatic heterocycles. The van der Waals surface area contributed by atoms with Gasteiger partial charge in [0.2, 0.25) is 0 Å². The summed E-state index contributed by atoms with van der Waals surface area (Å²) in [6.45, 7) is 13.7. The maximum atomic E-state index is 12.2. The molecular formula is C24H33BN2O4. The van der Waals surface area contributed by atoms with Crippen LogP contribution >= 0.6 is 0 Å². The number of hydrogen-bond acceptors (Lipinski definition) is 5. The normalized spacial score (nSPS) is 21.4. The molecule has 0 aromatic heterocycles. The molecule has 2 fully saturated rings. The Morgan fingerprint density at radius 3 is 2.35 bits per heavy atom. The summed E-state index contributed by atoms with van der Waals surface area (Å²) in [6, 6.07) is 10.4. The highest BCUT2D eigenvalue weighted by Crippen LogP contribution is 2.47. The van der Waals surface area contributed by atoms with Crippen molar-refractivity contribution < 1.29 is 18.8 Å². The van der Waals surface area contributed by atoms with Gasteiger partial charge in [-0.05, 0) is 77.9 Å². The summed E-state index contributed by atoms with van der Waals surface area (Å²) in [5.74, 6) is 0. The molecule has 1 N–H and O–H groups in total. The summed E-state index contributed by atoms with van der Waals surface area (Å²) < 4.78 is 17.8. The van der Waals surface area contributed by atoms with Crippen LogP contribution in [0.5, 0.6) is 0 Å². The third-order valence-electron chi connectivity index (χ3n) is 6.15. The first kappa shape index (κ1) is 23.4. The molecule has 1 saturated carbocycles. The predicted octanol–water partition coefficient (Wildman–Crippen LogP) is 4.78. The number of hydrogen-bond donors (Lipinski definition) is 1. The van der Waals surface area contributed by atoms with Crippen LogP contribution in [-0.4, -0.2) is 36.6 Å². The predicted molar refractivity (Wildman–Crippen MR) is 121 cm³/mol. The van der Waals surface area contributed by atoms with Gasteiger partial charge >= 0.3 is 13.2 Å². The van der Waals surface area contributed by atoms with Crippen molar-refractivity contribution >= 4 is 19.3 Å². The highest BCUT2D eigenvalue weighted by atomic mass is 16.7. The fourth-order valence-electron chi connectivity index (χ4n) is 3.42. The Kier molecular flexibility index (Phi) is 6.03. The molecule has 1 aromatic rings. The number of nitrogens with zero attached hydrogens (tertiary/aromatic N) is 1. The minimum absolute atomic E-state index is 0.222. The lowest BCUT2D eigenvalue weighted by molar-refractivity contribution is 0.00578. The highest BCUT2D eigenvalue weighted by Gasteiger charge is 2.52. The van der Waals surface area contributed by atoms with Crippen molar-refractivity contribution in [2.24, 2.45) is 0 Å². The molecule has 6 nitrogen and oxygen atoms in total. The van der Waals surface area contributed by atoms with Crippen LogP contribution in [0.2, 0.25) is 0 Å². The number of ether oxygens (including phenoxy) is 1. The summed E-state index contributed by atoms with van der Waals surface area (Å²) in [7, 11) is -0.602. The molecular weight excluding hydrogens is 391 g/mol. The van der Waals surface area contributed by atoms with E-state index in [1.807, 2.05) is 78.8 Å². The van der Waals surface area contributed by atoms with Crippen LogP contribution in [0.3, 0.4) is 0 Å². The summed E-state index contributed by atoms with van der Waals surface area (Å²) >= 11 is 0. The van der Waals surface area contributed by atoms with Crippen LogP contribution in [0.4, 0.5) is 4.79 Å². The van der Waals surface area contributed by atoms with Gasteiger partial charge in [-0.2, -0.15) is 5.26 Å². The second kappa shape index (κ2) is 8.00. The Hall–Kier alpha value is -2.30. The Bertz CT molecular complexity index is 904. The third-order valence-corrected chi connectivity index (χ3v) is 6.15. The zero-order chi connectivity index (χ0) is 23.1. The van der Waals surface area contributed by atoms with E-state index >= 15 is 0 Å². The minimum atomic E-state index is -0.602. The van der Waals surface area contributed by atoms with Crippen molar-refractivity contribution in [3.63, 3.8) is 0 Å². The lowest BCUT2D eigenvalue weighted by Crippen LogP contribution is -2.41. The number of nitrogens with one attached hydrogen (secondary N) is 1. The van der Waals surface area contributed by atoms with Crippen LogP contribution in [0.1, 0.15) is 72.4 Å². The third kappa shape index (κ3) is 5.31. The zero-order valence-corrected chi connectivity index (χ0v) is 19.7. The van der Waals surface area contributed by atoms with E-state index in [1.165, 1.54) is 0 Å². The molecule has 1 heterocycles. The van der Waals surface area contributed by atoms with Gasteiger partial charge in [0, 0.05) is 6.54 Å². The van der Waals surface area contributed by atoms with Gasteiger partial charge in [0.15, 0.2) is 0 Å². The summed E-state index contributed by atoms with van der Waals surface area (Å²) in [5, 5.41) is 12.4. The van der Waals surface area contributed by atoms with E-state index in [2.05, 4.69) is 11.4 Å². The van der Waals surface area contributed by atoms with E-state index in [0.717, 1.165) is 29.4 Å². The van der Waals surface area contributed by atoms with E-state index in [-0.39, 0.29) is 12.0 Å². The summed E-state index contributed by atoms with van der Waals surface area (Å²) in [5.41, 5.74) is 0.814. The first-order valence-corrected chi connectivity index (χ1v) is 10.8. The Morgan fingerprint density at radius 1 is 1.23 bits per heavy atom. The fraction of sp³-hybridized carbons (Fsp3) is 0.583. The molecule has 0 bridgehead atoms. The van der Waals surface area contributed by atoms with E-state index in [4.69, 9.17) is 14.0 Å². The molecule has 1 aliphatic carbocycles. The van der Waals surface area contributed by atoms with Gasteiger partial charge in [-0.15, -0.1) is 0 Å². The SMILES string of the molecule is CC(C)(C)OC(=O)NCC(=Cc1cccc(C2(C#N)CC2)c1)B1OC(C)(C)C(C)(C)O1. The number of amides is 1. The van der Waals surface area contributed by atoms with Crippen LogP contribution < -0.4 is 5.32 Å². The number of rotatable bonds is 5. The van der Waals surface area contributed by atoms with Crippen molar-refractivity contribution in [2.45, 2.75) is 83.5 Å². The number of carbonyl (C=O) groups excluding carboxylic acids is 1. The van der Waals surface area contributed by atoms with Crippen molar-refractivity contribution in [1.82, 2.24) is 5.32 Å². The largest absolute Gasteiger partial charge is 0.492 e. The van der Waals surface area contributed by atoms with Crippen molar-refractivity contribution in [2.75, 3.05) is 6.54 Å². The quantitative estimate of drug-likeness (QED) is 0.688. The number of nitriles is 1. The van der Waals surface area contributed by atoms with Crippen LogP contribution in [0.15, 0.2) is 29.7 Å². The summed E-state index contributed by atoms with van der Waals surface area (Å²) in [6.07, 6.45) is 3.25. The Balaban J connectivity index is 1.87. The number of alkyl carbamates (subject to hydrolysis) is 1. The van der Waals surface area contributed by atoms with Gasteiger partial charge in [0.05, 0.1) is 22.7 Å². The lowest BCUT2D eigenvalue weighted by atomic mass is 9.76. The zero-order valence-electron chi connectivity index (χ0n) is 19.7. The average Bonchev–Trinajstić information content (AvgIpc) is 3.40. The van der Waals surface area contributed by atoms with Crippen molar-refractivity contribution in [3.05, 3.63) is 40.9 Å². The van der Waals surface area contributed by atoms with Crippen LogP contribution in [-0.2, 0) is 19.5 Å². The Morgan fingerprint density at radius 2 is 1.84 bits per heavy atom. The smallest absolute Gasteiger partial charge is 0.444 e. The van der Waals surface area contributed by atoms with E-state index in [1.54, 1.807) is 0 Å². The molecule has 2 aliphatic rings. The van der Waals surface area contributed by atoms with Gasteiger partial charge in [0.1, 0.15) is 5.60 Å². The lowest BCUT2D eigenvalue weighted by Gasteiger charge is -2.32. The van der Waals surface area contributed by atoms with E-state index in [0.29, 0.717) is 0 Å². The number of carbonyl (C=O) groups is 1. The standard InChI is InChI=1S/C24H33BN2O4/c1-21(2,3)29-20(28)27-15-19(25-30-22(4,5)23(6,7)31-25)14-17-9-8-10-18(13-17)24(16-26)11-12-24/h8-10,13-14H,11-12,15H2,1-7H3,(H,27,28). The van der Waals surface area contributed by atoms with Crippen molar-refractivity contribution in [3.8, 4) is 6.07 Å². The van der Waals surface area contributed by atoms with Gasteiger partial charge in [0.25, 0.3) is 0 Å². The van der Waals surface area contributed by atoms with Gasteiger partial charge in [-0.1, -0.05) is 30.3 Å². The molecule has 1 saturated heterocycles. The van der Waals surface area contributed by atoms with Gasteiger partial charge in [-0.3, -0.25) is 0 Å². The summed E-state index contributed by atoms with van der Waals surface area (Å²) in [4.78, 5) is 12.2. The maximum absolute atomic E-state index is 12.2. The molecule has 1 amide bonds. The molecule has 0 atom stereocenters. The molecule has 7 heteroatoms. The molecule has 166 valence electrons. The van der Waals surface area contributed by atoms with E-state index < -0.39 is 30.0 Å². The van der Waals surface area contributed by atoms with Gasteiger partial charge in [-0.25, -0.2) is 4.79 Å². The first-order chi connectivity index (χ1) is 14.3.